The fourth-order valence-electron chi connectivity index (χ4n) is 2.54. The number of carbonyl (C=O) groups is 1. The third kappa shape index (κ3) is 3.58. The average molecular weight is 310 g/mol. The first kappa shape index (κ1) is 13.6. The van der Waals surface area contributed by atoms with Crippen molar-refractivity contribution in [2.45, 2.75) is 43.9 Å². The number of para-hydroxylation sites is 1. The van der Waals surface area contributed by atoms with Crippen LogP contribution in [-0.4, -0.2) is 5.91 Å². The summed E-state index contributed by atoms with van der Waals surface area (Å²) in [6.45, 7) is 0. The molecular formula is C15H20BrNO. The van der Waals surface area contributed by atoms with Crippen molar-refractivity contribution in [1.82, 2.24) is 0 Å². The van der Waals surface area contributed by atoms with Crippen LogP contribution in [0, 0.1) is 5.92 Å². The van der Waals surface area contributed by atoms with Crippen molar-refractivity contribution >= 4 is 27.5 Å². The molecule has 1 aliphatic carbocycles. The Hall–Kier alpha value is -0.830. The first-order valence-corrected chi connectivity index (χ1v) is 7.88. The molecule has 0 spiro atoms. The van der Waals surface area contributed by atoms with Gasteiger partial charge in [0.15, 0.2) is 0 Å². The third-order valence-electron chi connectivity index (χ3n) is 3.65. The summed E-state index contributed by atoms with van der Waals surface area (Å²) in [5.74, 6) is 0.404. The summed E-state index contributed by atoms with van der Waals surface area (Å²) in [6, 6.07) is 7.98. The molecule has 98 valence electrons. The van der Waals surface area contributed by atoms with Gasteiger partial charge in [0.05, 0.1) is 0 Å². The van der Waals surface area contributed by atoms with E-state index >= 15 is 0 Å². The Morgan fingerprint density at radius 3 is 2.50 bits per heavy atom. The molecule has 2 rings (SSSR count). The zero-order valence-electron chi connectivity index (χ0n) is 10.6. The van der Waals surface area contributed by atoms with E-state index in [1.807, 2.05) is 24.3 Å². The molecule has 0 atom stereocenters. The van der Waals surface area contributed by atoms with Gasteiger partial charge in [-0.1, -0.05) is 59.8 Å². The van der Waals surface area contributed by atoms with Crippen molar-refractivity contribution in [3.05, 3.63) is 29.8 Å². The number of amides is 1. The summed E-state index contributed by atoms with van der Waals surface area (Å²) in [6.07, 6.45) is 7.03. The highest BCUT2D eigenvalue weighted by Gasteiger charge is 2.20. The lowest BCUT2D eigenvalue weighted by Gasteiger charge is -2.15. The molecule has 0 unspecified atom stereocenters. The predicted molar refractivity (Wildman–Crippen MR) is 78.9 cm³/mol. The molecule has 0 saturated heterocycles. The smallest absolute Gasteiger partial charge is 0.227 e. The minimum Gasteiger partial charge on any atom is -0.326 e. The van der Waals surface area contributed by atoms with Gasteiger partial charge in [-0.2, -0.15) is 0 Å². The maximum absolute atomic E-state index is 12.3. The molecule has 1 N–H and O–H groups in total. The second-order valence-electron chi connectivity index (χ2n) is 4.97. The van der Waals surface area contributed by atoms with E-state index in [9.17, 15) is 4.79 Å². The van der Waals surface area contributed by atoms with Crippen LogP contribution in [0.2, 0.25) is 0 Å². The first-order valence-electron chi connectivity index (χ1n) is 6.76. The van der Waals surface area contributed by atoms with Gasteiger partial charge in [-0.3, -0.25) is 4.79 Å². The van der Waals surface area contributed by atoms with E-state index < -0.39 is 0 Å². The van der Waals surface area contributed by atoms with Crippen molar-refractivity contribution < 1.29 is 4.79 Å². The van der Waals surface area contributed by atoms with Crippen LogP contribution in [0.4, 0.5) is 5.69 Å². The van der Waals surface area contributed by atoms with Crippen molar-refractivity contribution in [2.24, 2.45) is 5.92 Å². The monoisotopic (exact) mass is 309 g/mol. The number of carbonyl (C=O) groups excluding carboxylic acids is 1. The number of anilines is 1. The molecular weight excluding hydrogens is 290 g/mol. The van der Waals surface area contributed by atoms with Gasteiger partial charge in [0, 0.05) is 16.9 Å². The number of halogens is 1. The molecule has 1 fully saturated rings. The van der Waals surface area contributed by atoms with E-state index in [-0.39, 0.29) is 11.8 Å². The summed E-state index contributed by atoms with van der Waals surface area (Å²) in [4.78, 5) is 12.3. The van der Waals surface area contributed by atoms with Gasteiger partial charge in [-0.25, -0.2) is 0 Å². The molecule has 0 aromatic heterocycles. The fourth-order valence-corrected chi connectivity index (χ4v) is 3.02. The molecule has 18 heavy (non-hydrogen) atoms. The van der Waals surface area contributed by atoms with Gasteiger partial charge >= 0.3 is 0 Å². The normalized spacial score (nSPS) is 17.2. The molecule has 1 aliphatic rings. The number of hydrogen-bond acceptors (Lipinski definition) is 1. The number of nitrogens with one attached hydrogen (secondary N) is 1. The van der Waals surface area contributed by atoms with E-state index in [1.165, 1.54) is 25.7 Å². The summed E-state index contributed by atoms with van der Waals surface area (Å²) in [5.41, 5.74) is 2.09. The van der Waals surface area contributed by atoms with Crippen LogP contribution >= 0.6 is 15.9 Å². The van der Waals surface area contributed by atoms with Crippen molar-refractivity contribution in [2.75, 3.05) is 5.32 Å². The maximum atomic E-state index is 12.3. The average Bonchev–Trinajstić information content (AvgIpc) is 2.68. The van der Waals surface area contributed by atoms with E-state index in [0.717, 1.165) is 29.4 Å². The SMILES string of the molecule is O=C(Nc1ccccc1CBr)C1CCCCCC1. The van der Waals surface area contributed by atoms with Gasteiger partial charge in [-0.05, 0) is 24.5 Å². The number of hydrogen-bond donors (Lipinski definition) is 1. The fraction of sp³-hybridized carbons (Fsp3) is 0.533. The van der Waals surface area contributed by atoms with Gasteiger partial charge in [-0.15, -0.1) is 0 Å². The zero-order valence-corrected chi connectivity index (χ0v) is 12.2. The molecule has 1 aromatic carbocycles. The molecule has 0 heterocycles. The zero-order chi connectivity index (χ0) is 12.8. The second kappa shape index (κ2) is 6.93. The molecule has 3 heteroatoms. The highest BCUT2D eigenvalue weighted by molar-refractivity contribution is 9.08. The van der Waals surface area contributed by atoms with Crippen LogP contribution in [0.3, 0.4) is 0 Å². The summed E-state index contributed by atoms with van der Waals surface area (Å²) in [5, 5.41) is 3.86. The number of alkyl halides is 1. The molecule has 1 aromatic rings. The minimum atomic E-state index is 0.199. The topological polar surface area (TPSA) is 29.1 Å². The Balaban J connectivity index is 2.01. The Kier molecular flexibility index (Phi) is 5.24. The van der Waals surface area contributed by atoms with Crippen LogP contribution < -0.4 is 5.32 Å². The van der Waals surface area contributed by atoms with E-state index in [1.54, 1.807) is 0 Å². The summed E-state index contributed by atoms with van der Waals surface area (Å²) >= 11 is 3.46. The second-order valence-corrected chi connectivity index (χ2v) is 5.53. The standard InChI is InChI=1S/C15H20BrNO/c16-11-13-9-5-6-10-14(13)17-15(18)12-7-3-1-2-4-8-12/h5-6,9-10,12H,1-4,7-8,11H2,(H,17,18). The lowest BCUT2D eigenvalue weighted by atomic mass is 9.99. The number of rotatable bonds is 3. The summed E-state index contributed by atoms with van der Waals surface area (Å²) in [7, 11) is 0. The van der Waals surface area contributed by atoms with Gasteiger partial charge in [0.25, 0.3) is 0 Å². The molecule has 1 saturated carbocycles. The Labute approximate surface area is 117 Å². The highest BCUT2D eigenvalue weighted by atomic mass is 79.9. The van der Waals surface area contributed by atoms with Crippen molar-refractivity contribution in [3.63, 3.8) is 0 Å². The van der Waals surface area contributed by atoms with Crippen molar-refractivity contribution in [3.8, 4) is 0 Å². The first-order chi connectivity index (χ1) is 8.81. The van der Waals surface area contributed by atoms with Crippen molar-refractivity contribution in [1.29, 1.82) is 0 Å². The van der Waals surface area contributed by atoms with Gasteiger partial charge in [0.2, 0.25) is 5.91 Å². The van der Waals surface area contributed by atoms with Crippen LogP contribution in [-0.2, 0) is 10.1 Å². The molecule has 1 amide bonds. The predicted octanol–water partition coefficient (Wildman–Crippen LogP) is 4.49. The van der Waals surface area contributed by atoms with Crippen LogP contribution in [0.5, 0.6) is 0 Å². The molecule has 0 bridgehead atoms. The molecule has 0 radical (unpaired) electrons. The van der Waals surface area contributed by atoms with Crippen LogP contribution in [0.15, 0.2) is 24.3 Å². The lowest BCUT2D eigenvalue weighted by Crippen LogP contribution is -2.22. The van der Waals surface area contributed by atoms with Crippen LogP contribution in [0.1, 0.15) is 44.1 Å². The highest BCUT2D eigenvalue weighted by Crippen LogP contribution is 2.25. The quantitative estimate of drug-likeness (QED) is 0.647. The third-order valence-corrected chi connectivity index (χ3v) is 4.25. The summed E-state index contributed by atoms with van der Waals surface area (Å²) < 4.78 is 0. The molecule has 0 aliphatic heterocycles. The Bertz CT molecular complexity index is 397. The molecule has 2 nitrogen and oxygen atoms in total. The van der Waals surface area contributed by atoms with E-state index in [0.29, 0.717) is 0 Å². The Morgan fingerprint density at radius 2 is 1.83 bits per heavy atom. The maximum Gasteiger partial charge on any atom is 0.227 e. The van der Waals surface area contributed by atoms with E-state index in [4.69, 9.17) is 0 Å². The van der Waals surface area contributed by atoms with Gasteiger partial charge in [0.1, 0.15) is 0 Å². The minimum absolute atomic E-state index is 0.199. The van der Waals surface area contributed by atoms with Crippen LogP contribution in [0.25, 0.3) is 0 Å². The lowest BCUT2D eigenvalue weighted by molar-refractivity contribution is -0.120. The van der Waals surface area contributed by atoms with Gasteiger partial charge < -0.3 is 5.32 Å². The van der Waals surface area contributed by atoms with E-state index in [2.05, 4.69) is 21.2 Å². The number of benzene rings is 1. The largest absolute Gasteiger partial charge is 0.326 e. The Morgan fingerprint density at radius 1 is 1.17 bits per heavy atom.